The summed E-state index contributed by atoms with van der Waals surface area (Å²) in [6.07, 6.45) is 0.366. The van der Waals surface area contributed by atoms with Crippen molar-refractivity contribution in [3.05, 3.63) is 65.7 Å². The molecule has 2 aromatic rings. The first-order valence-corrected chi connectivity index (χ1v) is 9.08. The third-order valence-electron chi connectivity index (χ3n) is 4.51. The van der Waals surface area contributed by atoms with Crippen LogP contribution in [0.4, 0.5) is 4.79 Å². The van der Waals surface area contributed by atoms with Crippen LogP contribution in [0.15, 0.2) is 54.6 Å². The molecular formula is C21H28N4O3. The van der Waals surface area contributed by atoms with Crippen molar-refractivity contribution in [3.8, 4) is 5.75 Å². The van der Waals surface area contributed by atoms with Crippen molar-refractivity contribution in [1.82, 2.24) is 15.5 Å². The minimum atomic E-state index is -0.737. The van der Waals surface area contributed by atoms with E-state index < -0.39 is 12.1 Å². The first kappa shape index (κ1) is 21.2. The summed E-state index contributed by atoms with van der Waals surface area (Å²) in [6, 6.07) is 15.7. The van der Waals surface area contributed by atoms with E-state index in [4.69, 9.17) is 10.5 Å². The van der Waals surface area contributed by atoms with E-state index in [0.29, 0.717) is 13.0 Å². The monoisotopic (exact) mass is 384 g/mol. The van der Waals surface area contributed by atoms with Gasteiger partial charge in [-0.2, -0.15) is 0 Å². The van der Waals surface area contributed by atoms with Gasteiger partial charge in [-0.25, -0.2) is 4.79 Å². The van der Waals surface area contributed by atoms with Crippen molar-refractivity contribution in [3.63, 3.8) is 0 Å². The Morgan fingerprint density at radius 2 is 1.71 bits per heavy atom. The Balaban J connectivity index is 2.06. The molecule has 0 bridgehead atoms. The van der Waals surface area contributed by atoms with Gasteiger partial charge in [0.15, 0.2) is 0 Å². The van der Waals surface area contributed by atoms with Crippen LogP contribution in [-0.2, 0) is 11.2 Å². The molecule has 0 radical (unpaired) electrons. The molecule has 7 heteroatoms. The second-order valence-electron chi connectivity index (χ2n) is 6.75. The summed E-state index contributed by atoms with van der Waals surface area (Å²) in [6.45, 7) is 0.393. The highest BCUT2D eigenvalue weighted by Gasteiger charge is 2.22. The quantitative estimate of drug-likeness (QED) is 0.613. The molecule has 2 rings (SSSR count). The number of carbonyl (C=O) groups excluding carboxylic acids is 2. The number of urea groups is 1. The van der Waals surface area contributed by atoms with E-state index >= 15 is 0 Å². The molecule has 0 spiro atoms. The number of nitrogens with two attached hydrogens (primary N) is 1. The van der Waals surface area contributed by atoms with Crippen LogP contribution in [-0.4, -0.2) is 50.6 Å². The number of nitrogens with one attached hydrogen (secondary N) is 2. The van der Waals surface area contributed by atoms with E-state index in [1.54, 1.807) is 7.11 Å². The number of amides is 3. The zero-order valence-electron chi connectivity index (χ0n) is 16.5. The molecule has 0 aromatic heterocycles. The summed E-state index contributed by atoms with van der Waals surface area (Å²) in [5.74, 6) is 0.502. The third-order valence-corrected chi connectivity index (χ3v) is 4.51. The van der Waals surface area contributed by atoms with Crippen molar-refractivity contribution in [1.29, 1.82) is 0 Å². The molecule has 0 aliphatic carbocycles. The van der Waals surface area contributed by atoms with Crippen molar-refractivity contribution >= 4 is 11.9 Å². The number of hydrogen-bond acceptors (Lipinski definition) is 4. The minimum absolute atomic E-state index is 0.0270. The molecule has 0 aliphatic heterocycles. The van der Waals surface area contributed by atoms with Gasteiger partial charge >= 0.3 is 6.03 Å². The summed E-state index contributed by atoms with van der Waals surface area (Å²) in [7, 11) is 5.52. The largest absolute Gasteiger partial charge is 0.497 e. The summed E-state index contributed by atoms with van der Waals surface area (Å²) in [4.78, 5) is 26.1. The van der Waals surface area contributed by atoms with Gasteiger partial charge in [-0.3, -0.25) is 4.79 Å². The van der Waals surface area contributed by atoms with Crippen LogP contribution in [0.5, 0.6) is 5.75 Å². The predicted octanol–water partition coefficient (Wildman–Crippen LogP) is 1.69. The molecule has 0 fully saturated rings. The van der Waals surface area contributed by atoms with Gasteiger partial charge in [0.05, 0.1) is 13.2 Å². The molecule has 4 N–H and O–H groups in total. The number of nitrogens with zero attached hydrogens (tertiary/aromatic N) is 1. The predicted molar refractivity (Wildman–Crippen MR) is 109 cm³/mol. The lowest BCUT2D eigenvalue weighted by atomic mass is 10.0. The van der Waals surface area contributed by atoms with Crippen LogP contribution >= 0.6 is 0 Å². The van der Waals surface area contributed by atoms with Gasteiger partial charge in [0.25, 0.3) is 0 Å². The van der Waals surface area contributed by atoms with E-state index in [9.17, 15) is 9.59 Å². The van der Waals surface area contributed by atoms with Crippen molar-refractivity contribution < 1.29 is 14.3 Å². The highest BCUT2D eigenvalue weighted by molar-refractivity contribution is 5.86. The highest BCUT2D eigenvalue weighted by atomic mass is 16.5. The fourth-order valence-corrected chi connectivity index (χ4v) is 2.98. The molecule has 150 valence electrons. The maximum absolute atomic E-state index is 12.7. The highest BCUT2D eigenvalue weighted by Crippen LogP contribution is 2.20. The molecule has 7 nitrogen and oxygen atoms in total. The smallest absolute Gasteiger partial charge is 0.312 e. The van der Waals surface area contributed by atoms with Crippen LogP contribution in [0, 0.1) is 0 Å². The Kier molecular flexibility index (Phi) is 7.83. The fraction of sp³-hybridized carbons (Fsp3) is 0.333. The Bertz CT molecular complexity index is 763. The summed E-state index contributed by atoms with van der Waals surface area (Å²) in [5, 5.41) is 5.47. The number of likely N-dealkylation sites (N-methyl/N-ethyl adjacent to an activating group) is 1. The molecule has 0 saturated heterocycles. The molecule has 0 unspecified atom stereocenters. The second kappa shape index (κ2) is 10.3. The lowest BCUT2D eigenvalue weighted by molar-refractivity contribution is -0.123. The number of hydrogen-bond donors (Lipinski definition) is 3. The van der Waals surface area contributed by atoms with Gasteiger partial charge in [-0.1, -0.05) is 42.5 Å². The van der Waals surface area contributed by atoms with E-state index in [2.05, 4.69) is 10.6 Å². The number of carbonyl (C=O) groups is 2. The first-order chi connectivity index (χ1) is 13.4. The van der Waals surface area contributed by atoms with E-state index in [1.807, 2.05) is 73.6 Å². The second-order valence-corrected chi connectivity index (χ2v) is 6.75. The number of ether oxygens (including phenoxy) is 1. The van der Waals surface area contributed by atoms with Gasteiger partial charge in [0.1, 0.15) is 11.8 Å². The molecule has 0 aliphatic rings. The minimum Gasteiger partial charge on any atom is -0.497 e. The van der Waals surface area contributed by atoms with Crippen molar-refractivity contribution in [2.24, 2.45) is 5.73 Å². The maximum atomic E-state index is 12.7. The zero-order chi connectivity index (χ0) is 20.5. The average Bonchev–Trinajstić information content (AvgIpc) is 2.68. The van der Waals surface area contributed by atoms with Crippen LogP contribution in [0.3, 0.4) is 0 Å². The lowest BCUT2D eigenvalue weighted by Crippen LogP contribution is -2.50. The Morgan fingerprint density at radius 1 is 1.07 bits per heavy atom. The standard InChI is InChI=1S/C21H28N4O3/c1-25(2)19(16-9-11-17(28-3)12-10-16)14-23-20(26)18(24-21(22)27)13-15-7-5-4-6-8-15/h4-12,18-19H,13-14H2,1-3H3,(H,23,26)(H3,22,24,27)/t18-,19-/m0/s1. The van der Waals surface area contributed by atoms with Gasteiger partial charge in [0.2, 0.25) is 5.91 Å². The van der Waals surface area contributed by atoms with Gasteiger partial charge < -0.3 is 26.0 Å². The fourth-order valence-electron chi connectivity index (χ4n) is 2.98. The first-order valence-electron chi connectivity index (χ1n) is 9.08. The molecular weight excluding hydrogens is 356 g/mol. The maximum Gasteiger partial charge on any atom is 0.312 e. The summed E-state index contributed by atoms with van der Waals surface area (Å²) >= 11 is 0. The topological polar surface area (TPSA) is 96.7 Å². The van der Waals surface area contributed by atoms with Gasteiger partial charge in [-0.15, -0.1) is 0 Å². The van der Waals surface area contributed by atoms with Crippen LogP contribution in [0.25, 0.3) is 0 Å². The molecule has 0 heterocycles. The Hall–Kier alpha value is -3.06. The van der Waals surface area contributed by atoms with Crippen LogP contribution < -0.4 is 21.1 Å². The summed E-state index contributed by atoms with van der Waals surface area (Å²) in [5.41, 5.74) is 7.25. The normalized spacial score (nSPS) is 12.9. The molecule has 28 heavy (non-hydrogen) atoms. The van der Waals surface area contributed by atoms with Crippen LogP contribution in [0.2, 0.25) is 0 Å². The van der Waals surface area contributed by atoms with Crippen molar-refractivity contribution in [2.45, 2.75) is 18.5 Å². The molecule has 3 amide bonds. The number of methoxy groups -OCH3 is 1. The molecule has 0 saturated carbocycles. The number of primary amides is 1. The SMILES string of the molecule is COc1ccc([C@H](CNC(=O)[C@H](Cc2ccccc2)NC(N)=O)N(C)C)cc1. The van der Waals surface area contributed by atoms with Crippen molar-refractivity contribution in [2.75, 3.05) is 27.7 Å². The van der Waals surface area contributed by atoms with E-state index in [1.165, 1.54) is 0 Å². The van der Waals surface area contributed by atoms with Crippen LogP contribution in [0.1, 0.15) is 17.2 Å². The Labute approximate surface area is 165 Å². The molecule has 2 aromatic carbocycles. The van der Waals surface area contributed by atoms with Gasteiger partial charge in [0, 0.05) is 13.0 Å². The number of rotatable bonds is 9. The third kappa shape index (κ3) is 6.28. The average molecular weight is 384 g/mol. The Morgan fingerprint density at radius 3 is 2.25 bits per heavy atom. The zero-order valence-corrected chi connectivity index (χ0v) is 16.5. The molecule has 2 atom stereocenters. The van der Waals surface area contributed by atoms with Gasteiger partial charge in [-0.05, 0) is 37.4 Å². The lowest BCUT2D eigenvalue weighted by Gasteiger charge is -2.26. The summed E-state index contributed by atoms with van der Waals surface area (Å²) < 4.78 is 5.20. The van der Waals surface area contributed by atoms with E-state index in [0.717, 1.165) is 16.9 Å². The van der Waals surface area contributed by atoms with E-state index in [-0.39, 0.29) is 11.9 Å². The number of benzene rings is 2.